The third-order valence-corrected chi connectivity index (χ3v) is 7.61. The first-order valence-electron chi connectivity index (χ1n) is 11.5. The number of carbonyl (C=O) groups excluding carboxylic acids is 2. The number of thiophene rings is 1. The maximum Gasteiger partial charge on any atom is 0.270 e. The number of halogens is 2. The van der Waals surface area contributed by atoms with Crippen LogP contribution in [0.1, 0.15) is 46.3 Å². The Kier molecular flexibility index (Phi) is 7.97. The first-order valence-corrected chi connectivity index (χ1v) is 13.1. The largest absolute Gasteiger partial charge is 0.330 e. The summed E-state index contributed by atoms with van der Waals surface area (Å²) in [7, 11) is 0. The van der Waals surface area contributed by atoms with E-state index < -0.39 is 16.9 Å². The molecule has 3 aromatic rings. The molecule has 2 heterocycles. The van der Waals surface area contributed by atoms with Gasteiger partial charge >= 0.3 is 0 Å². The van der Waals surface area contributed by atoms with Crippen LogP contribution in [0.25, 0.3) is 0 Å². The van der Waals surface area contributed by atoms with E-state index in [-0.39, 0.29) is 29.6 Å². The van der Waals surface area contributed by atoms with Crippen molar-refractivity contribution in [1.82, 2.24) is 9.80 Å². The number of fused-ring (bicyclic) bond motifs is 1. The smallest absolute Gasteiger partial charge is 0.270 e. The van der Waals surface area contributed by atoms with E-state index in [1.54, 1.807) is 28.4 Å². The van der Waals surface area contributed by atoms with Crippen LogP contribution < -0.4 is 0 Å². The Labute approximate surface area is 223 Å². The Hall–Kier alpha value is -2.94. The van der Waals surface area contributed by atoms with Crippen molar-refractivity contribution in [3.8, 4) is 0 Å². The SMILES string of the molecule is CC(C)CN(CC(=O)N1CCc2sccc2[C@H]1c1ccc(Cl)cc1Cl)C(=O)c1cccc([N+](=O)[O-])c1. The lowest BCUT2D eigenvalue weighted by molar-refractivity contribution is -0.384. The summed E-state index contributed by atoms with van der Waals surface area (Å²) < 4.78 is 0. The minimum Gasteiger partial charge on any atom is -0.330 e. The molecular weight excluding hydrogens is 521 g/mol. The lowest BCUT2D eigenvalue weighted by Gasteiger charge is -2.38. The average molecular weight is 546 g/mol. The molecule has 4 rings (SSSR count). The second-order valence-electron chi connectivity index (χ2n) is 9.09. The van der Waals surface area contributed by atoms with Gasteiger partial charge in [-0.1, -0.05) is 49.2 Å². The Morgan fingerprint density at radius 2 is 1.94 bits per heavy atom. The molecule has 188 valence electrons. The summed E-state index contributed by atoms with van der Waals surface area (Å²) in [4.78, 5) is 42.2. The zero-order valence-corrected chi connectivity index (χ0v) is 22.1. The molecule has 0 bridgehead atoms. The van der Waals surface area contributed by atoms with E-state index in [2.05, 4.69) is 0 Å². The summed E-state index contributed by atoms with van der Waals surface area (Å²) in [6.07, 6.45) is 0.712. The summed E-state index contributed by atoms with van der Waals surface area (Å²) in [5.74, 6) is -0.552. The molecule has 2 amide bonds. The van der Waals surface area contributed by atoms with E-state index in [0.29, 0.717) is 29.6 Å². The van der Waals surface area contributed by atoms with Gasteiger partial charge in [0.05, 0.1) is 11.0 Å². The molecule has 1 atom stereocenters. The fourth-order valence-electron chi connectivity index (χ4n) is 4.49. The van der Waals surface area contributed by atoms with Crippen molar-refractivity contribution in [3.05, 3.63) is 95.6 Å². The fourth-order valence-corrected chi connectivity index (χ4v) is 5.91. The van der Waals surface area contributed by atoms with Crippen molar-refractivity contribution >= 4 is 52.0 Å². The van der Waals surface area contributed by atoms with Gasteiger partial charge in [0.15, 0.2) is 0 Å². The highest BCUT2D eigenvalue weighted by Gasteiger charge is 2.35. The lowest BCUT2D eigenvalue weighted by atomic mass is 9.93. The maximum atomic E-state index is 13.8. The van der Waals surface area contributed by atoms with Gasteiger partial charge in [-0.2, -0.15) is 0 Å². The number of nitro benzene ring substituents is 1. The van der Waals surface area contributed by atoms with E-state index in [9.17, 15) is 19.7 Å². The summed E-state index contributed by atoms with van der Waals surface area (Å²) in [5, 5.41) is 14.2. The zero-order valence-electron chi connectivity index (χ0n) is 19.8. The van der Waals surface area contributed by atoms with Gasteiger partial charge < -0.3 is 9.80 Å². The Bertz CT molecular complexity index is 1310. The summed E-state index contributed by atoms with van der Waals surface area (Å²) in [6, 6.07) is 12.4. The Morgan fingerprint density at radius 3 is 2.64 bits per heavy atom. The molecule has 36 heavy (non-hydrogen) atoms. The van der Waals surface area contributed by atoms with Crippen molar-refractivity contribution in [1.29, 1.82) is 0 Å². The standard InChI is InChI=1S/C26H25Cl2N3O4S/c1-16(2)14-29(26(33)17-4-3-5-19(12-17)31(34)35)15-24(32)30-10-8-23-21(9-11-36-23)25(30)20-7-6-18(27)13-22(20)28/h3-7,9,11-13,16,25H,8,10,14-15H2,1-2H3/t25-/m1/s1. The van der Waals surface area contributed by atoms with Gasteiger partial charge in [-0.25, -0.2) is 0 Å². The predicted octanol–water partition coefficient (Wildman–Crippen LogP) is 6.24. The zero-order chi connectivity index (χ0) is 26.0. The minimum atomic E-state index is -0.540. The van der Waals surface area contributed by atoms with E-state index in [1.807, 2.05) is 31.4 Å². The molecule has 0 radical (unpaired) electrons. The summed E-state index contributed by atoms with van der Waals surface area (Å²) in [5.41, 5.74) is 1.79. The van der Waals surface area contributed by atoms with Crippen LogP contribution in [-0.4, -0.2) is 46.2 Å². The van der Waals surface area contributed by atoms with E-state index >= 15 is 0 Å². The van der Waals surface area contributed by atoms with Crippen LogP contribution in [0.5, 0.6) is 0 Å². The molecule has 0 N–H and O–H groups in total. The third-order valence-electron chi connectivity index (χ3n) is 6.05. The van der Waals surface area contributed by atoms with Gasteiger partial charge in [0, 0.05) is 45.7 Å². The van der Waals surface area contributed by atoms with Crippen LogP contribution in [0.2, 0.25) is 10.0 Å². The topological polar surface area (TPSA) is 83.8 Å². The number of nitro groups is 1. The number of hydrogen-bond acceptors (Lipinski definition) is 5. The van der Waals surface area contributed by atoms with Crippen molar-refractivity contribution in [2.75, 3.05) is 19.6 Å². The number of carbonyl (C=O) groups is 2. The highest BCUT2D eigenvalue weighted by atomic mass is 35.5. The maximum absolute atomic E-state index is 13.8. The molecule has 2 aromatic carbocycles. The minimum absolute atomic E-state index is 0.0896. The number of nitrogens with zero attached hydrogens (tertiary/aromatic N) is 3. The van der Waals surface area contributed by atoms with Crippen molar-refractivity contribution < 1.29 is 14.5 Å². The van der Waals surface area contributed by atoms with E-state index in [0.717, 1.165) is 11.1 Å². The molecule has 0 unspecified atom stereocenters. The molecule has 0 aliphatic carbocycles. The molecule has 0 saturated carbocycles. The van der Waals surface area contributed by atoms with Crippen molar-refractivity contribution in [2.45, 2.75) is 26.3 Å². The molecule has 1 aromatic heterocycles. The second-order valence-corrected chi connectivity index (χ2v) is 10.9. The van der Waals surface area contributed by atoms with Crippen LogP contribution in [0.3, 0.4) is 0 Å². The van der Waals surface area contributed by atoms with E-state index in [4.69, 9.17) is 23.2 Å². The van der Waals surface area contributed by atoms with Crippen LogP contribution in [0.15, 0.2) is 53.9 Å². The van der Waals surface area contributed by atoms with Crippen molar-refractivity contribution in [2.24, 2.45) is 5.92 Å². The van der Waals surface area contributed by atoms with Crippen LogP contribution >= 0.6 is 34.5 Å². The fraction of sp³-hybridized carbons (Fsp3) is 0.308. The van der Waals surface area contributed by atoms with Gasteiger partial charge in [-0.05, 0) is 53.1 Å². The van der Waals surface area contributed by atoms with Gasteiger partial charge in [0.25, 0.3) is 11.6 Å². The van der Waals surface area contributed by atoms with Gasteiger partial charge in [0.1, 0.15) is 6.54 Å². The molecule has 1 aliphatic heterocycles. The summed E-state index contributed by atoms with van der Waals surface area (Å²) >= 11 is 14.3. The van der Waals surface area contributed by atoms with E-state index in [1.165, 1.54) is 34.0 Å². The summed E-state index contributed by atoms with van der Waals surface area (Å²) in [6.45, 7) is 4.56. The van der Waals surface area contributed by atoms with Crippen molar-refractivity contribution in [3.63, 3.8) is 0 Å². The molecule has 0 fully saturated rings. The quantitative estimate of drug-likeness (QED) is 0.260. The Morgan fingerprint density at radius 1 is 1.17 bits per heavy atom. The van der Waals surface area contributed by atoms with Crippen LogP contribution in [-0.2, 0) is 11.2 Å². The van der Waals surface area contributed by atoms with Gasteiger partial charge in [0.2, 0.25) is 5.91 Å². The van der Waals surface area contributed by atoms with Gasteiger partial charge in [-0.15, -0.1) is 11.3 Å². The first-order chi connectivity index (χ1) is 17.2. The molecule has 0 saturated heterocycles. The number of amides is 2. The highest BCUT2D eigenvalue weighted by molar-refractivity contribution is 7.10. The number of hydrogen-bond donors (Lipinski definition) is 0. The third kappa shape index (κ3) is 5.56. The number of rotatable bonds is 7. The van der Waals surface area contributed by atoms with Gasteiger partial charge in [-0.3, -0.25) is 19.7 Å². The molecule has 10 heteroatoms. The van der Waals surface area contributed by atoms with Crippen LogP contribution in [0, 0.1) is 16.0 Å². The lowest BCUT2D eigenvalue weighted by Crippen LogP contribution is -2.47. The molecule has 0 spiro atoms. The number of benzene rings is 2. The molecule has 7 nitrogen and oxygen atoms in total. The number of non-ortho nitro benzene ring substituents is 1. The monoisotopic (exact) mass is 545 g/mol. The molecule has 1 aliphatic rings. The Balaban J connectivity index is 1.65. The van der Waals surface area contributed by atoms with Crippen LogP contribution in [0.4, 0.5) is 5.69 Å². The first kappa shape index (κ1) is 26.1. The predicted molar refractivity (Wildman–Crippen MR) is 142 cm³/mol. The molecular formula is C26H25Cl2N3O4S. The highest BCUT2D eigenvalue weighted by Crippen LogP contribution is 2.41. The normalized spacial score (nSPS) is 15.0. The second kappa shape index (κ2) is 11.0. The average Bonchev–Trinajstić information content (AvgIpc) is 3.31.